The van der Waals surface area contributed by atoms with Crippen molar-refractivity contribution in [3.8, 4) is 0 Å². The van der Waals surface area contributed by atoms with Gasteiger partial charge in [-0.1, -0.05) is 69.1 Å². The Morgan fingerprint density at radius 2 is 1.46 bits per heavy atom. The monoisotopic (exact) mass is 637 g/mol. The fourth-order valence-corrected chi connectivity index (χ4v) is 5.49. The predicted octanol–water partition coefficient (Wildman–Crippen LogP) is 8.00. The third-order valence-corrected chi connectivity index (χ3v) is 7.84. The number of carbonyl (C=O) groups excluding carboxylic acids is 3. The molecule has 0 saturated carbocycles. The lowest BCUT2D eigenvalue weighted by Crippen LogP contribution is -2.32. The first-order valence-corrected chi connectivity index (χ1v) is 13.9. The van der Waals surface area contributed by atoms with Gasteiger partial charge in [0.2, 0.25) is 0 Å². The van der Waals surface area contributed by atoms with Crippen molar-refractivity contribution >= 4 is 85.7 Å². The number of halogens is 3. The zero-order valence-electron chi connectivity index (χ0n) is 20.0. The molecule has 0 saturated heterocycles. The Kier molecular flexibility index (Phi) is 8.09. The number of anilines is 3. The van der Waals surface area contributed by atoms with E-state index in [1.807, 2.05) is 30.3 Å². The SMILES string of the molecule is O=C(Nc1ccc(SC2=C(Nc3ccc(Br)cc3)C(=O)N(c3ccccc3)C2=O)cc1)c1ccc(Cl)cc1Cl. The molecule has 10 heteroatoms. The number of thioether (sulfide) groups is 1. The second kappa shape index (κ2) is 11.7. The van der Waals surface area contributed by atoms with Crippen LogP contribution < -0.4 is 15.5 Å². The number of hydrogen-bond acceptors (Lipinski definition) is 5. The minimum absolute atomic E-state index is 0.186. The largest absolute Gasteiger partial charge is 0.350 e. The molecule has 6 nitrogen and oxygen atoms in total. The first-order chi connectivity index (χ1) is 18.8. The summed E-state index contributed by atoms with van der Waals surface area (Å²) in [5.74, 6) is -1.25. The van der Waals surface area contributed by atoms with Gasteiger partial charge in [-0.3, -0.25) is 14.4 Å². The molecule has 0 fully saturated rings. The summed E-state index contributed by atoms with van der Waals surface area (Å²) in [5, 5.41) is 6.61. The number of nitrogens with zero attached hydrogens (tertiary/aromatic N) is 1. The van der Waals surface area contributed by atoms with Crippen molar-refractivity contribution < 1.29 is 14.4 Å². The lowest BCUT2D eigenvalue weighted by molar-refractivity contribution is -0.120. The van der Waals surface area contributed by atoms with Gasteiger partial charge in [0.1, 0.15) is 10.6 Å². The first-order valence-electron chi connectivity index (χ1n) is 11.5. The molecule has 0 radical (unpaired) electrons. The van der Waals surface area contributed by atoms with Gasteiger partial charge in [-0.2, -0.15) is 0 Å². The van der Waals surface area contributed by atoms with Crippen molar-refractivity contribution in [3.05, 3.63) is 128 Å². The molecule has 4 aromatic rings. The van der Waals surface area contributed by atoms with Crippen molar-refractivity contribution in [2.24, 2.45) is 0 Å². The molecule has 0 aliphatic carbocycles. The predicted molar refractivity (Wildman–Crippen MR) is 160 cm³/mol. The zero-order chi connectivity index (χ0) is 27.5. The second-order valence-corrected chi connectivity index (χ2v) is 11.2. The Morgan fingerprint density at radius 1 is 0.795 bits per heavy atom. The van der Waals surface area contributed by atoms with Crippen LogP contribution in [0.25, 0.3) is 0 Å². The van der Waals surface area contributed by atoms with Gasteiger partial charge < -0.3 is 10.6 Å². The van der Waals surface area contributed by atoms with E-state index >= 15 is 0 Å². The van der Waals surface area contributed by atoms with Gasteiger partial charge >= 0.3 is 0 Å². The molecule has 5 rings (SSSR count). The van der Waals surface area contributed by atoms with E-state index in [0.717, 1.165) is 9.37 Å². The zero-order valence-corrected chi connectivity index (χ0v) is 23.9. The Balaban J connectivity index is 1.39. The van der Waals surface area contributed by atoms with Crippen molar-refractivity contribution in [1.82, 2.24) is 0 Å². The highest BCUT2D eigenvalue weighted by Crippen LogP contribution is 2.38. The number of nitrogens with one attached hydrogen (secondary N) is 2. The molecule has 1 aliphatic rings. The van der Waals surface area contributed by atoms with Crippen LogP contribution in [0.15, 0.2) is 117 Å². The highest BCUT2D eigenvalue weighted by molar-refractivity contribution is 9.10. The minimum Gasteiger partial charge on any atom is -0.350 e. The lowest BCUT2D eigenvalue weighted by atomic mass is 10.2. The quantitative estimate of drug-likeness (QED) is 0.201. The maximum absolute atomic E-state index is 13.5. The minimum atomic E-state index is -0.444. The fourth-order valence-electron chi connectivity index (χ4n) is 3.80. The molecule has 0 bridgehead atoms. The van der Waals surface area contributed by atoms with E-state index in [0.29, 0.717) is 32.5 Å². The molecule has 0 spiro atoms. The van der Waals surface area contributed by atoms with E-state index < -0.39 is 11.8 Å². The Morgan fingerprint density at radius 3 is 2.13 bits per heavy atom. The molecule has 3 amide bonds. The summed E-state index contributed by atoms with van der Waals surface area (Å²) < 4.78 is 0.891. The van der Waals surface area contributed by atoms with Crippen LogP contribution in [-0.4, -0.2) is 17.7 Å². The molecule has 0 unspecified atom stereocenters. The molecule has 1 heterocycles. The van der Waals surface area contributed by atoms with Gasteiger partial charge in [-0.25, -0.2) is 4.90 Å². The van der Waals surface area contributed by atoms with E-state index in [9.17, 15) is 14.4 Å². The topological polar surface area (TPSA) is 78.5 Å². The summed E-state index contributed by atoms with van der Waals surface area (Å²) in [6, 6.07) is 27.7. The molecule has 194 valence electrons. The molecule has 2 N–H and O–H groups in total. The lowest BCUT2D eigenvalue weighted by Gasteiger charge is -2.15. The number of benzene rings is 4. The maximum atomic E-state index is 13.5. The maximum Gasteiger partial charge on any atom is 0.283 e. The number of para-hydroxylation sites is 1. The van der Waals surface area contributed by atoms with Gasteiger partial charge in [-0.15, -0.1) is 0 Å². The summed E-state index contributed by atoms with van der Waals surface area (Å²) in [6.07, 6.45) is 0. The van der Waals surface area contributed by atoms with Crippen LogP contribution in [0.2, 0.25) is 10.0 Å². The van der Waals surface area contributed by atoms with Crippen molar-refractivity contribution in [1.29, 1.82) is 0 Å². The summed E-state index contributed by atoms with van der Waals surface area (Å²) in [5.41, 5.74) is 2.17. The van der Waals surface area contributed by atoms with E-state index in [1.54, 1.807) is 60.7 Å². The van der Waals surface area contributed by atoms with Gasteiger partial charge in [0.05, 0.1) is 16.3 Å². The Labute approximate surface area is 247 Å². The highest BCUT2D eigenvalue weighted by atomic mass is 79.9. The third kappa shape index (κ3) is 6.04. The molecule has 0 atom stereocenters. The van der Waals surface area contributed by atoms with Crippen LogP contribution in [0.1, 0.15) is 10.4 Å². The van der Waals surface area contributed by atoms with Gasteiger partial charge in [0.25, 0.3) is 17.7 Å². The Hall–Kier alpha value is -3.56. The highest BCUT2D eigenvalue weighted by Gasteiger charge is 2.40. The number of imide groups is 1. The fraction of sp³-hybridized carbons (Fsp3) is 0. The summed E-state index contributed by atoms with van der Waals surface area (Å²) >= 11 is 16.6. The van der Waals surface area contributed by atoms with Crippen LogP contribution in [0.4, 0.5) is 17.1 Å². The summed E-state index contributed by atoms with van der Waals surface area (Å²) in [7, 11) is 0. The molecule has 4 aromatic carbocycles. The second-order valence-electron chi connectivity index (χ2n) is 8.32. The van der Waals surface area contributed by atoms with E-state index in [-0.39, 0.29) is 21.5 Å². The van der Waals surface area contributed by atoms with Gasteiger partial charge in [-0.05, 0) is 78.9 Å². The van der Waals surface area contributed by atoms with Gasteiger partial charge in [0.15, 0.2) is 0 Å². The molecule has 0 aromatic heterocycles. The average Bonchev–Trinajstić information content (AvgIpc) is 3.15. The van der Waals surface area contributed by atoms with Gasteiger partial charge in [0, 0.05) is 25.8 Å². The number of carbonyl (C=O) groups is 3. The smallest absolute Gasteiger partial charge is 0.283 e. The van der Waals surface area contributed by atoms with E-state index in [1.165, 1.54) is 17.8 Å². The normalized spacial score (nSPS) is 13.2. The first kappa shape index (κ1) is 27.0. The van der Waals surface area contributed by atoms with E-state index in [4.69, 9.17) is 23.2 Å². The van der Waals surface area contributed by atoms with E-state index in [2.05, 4.69) is 26.6 Å². The van der Waals surface area contributed by atoms with Crippen molar-refractivity contribution in [2.45, 2.75) is 4.90 Å². The van der Waals surface area contributed by atoms with Crippen molar-refractivity contribution in [2.75, 3.05) is 15.5 Å². The van der Waals surface area contributed by atoms with Crippen LogP contribution >= 0.6 is 50.9 Å². The molecular formula is C29H18BrCl2N3O3S. The van der Waals surface area contributed by atoms with Crippen LogP contribution in [0.3, 0.4) is 0 Å². The number of rotatable bonds is 7. The summed E-state index contributed by atoms with van der Waals surface area (Å²) in [4.78, 5) is 41.7. The van der Waals surface area contributed by atoms with Crippen LogP contribution in [0.5, 0.6) is 0 Å². The number of hydrogen-bond donors (Lipinski definition) is 2. The summed E-state index contributed by atoms with van der Waals surface area (Å²) in [6.45, 7) is 0. The number of amides is 3. The molecule has 39 heavy (non-hydrogen) atoms. The van der Waals surface area contributed by atoms with Crippen molar-refractivity contribution in [3.63, 3.8) is 0 Å². The average molecular weight is 639 g/mol. The van der Waals surface area contributed by atoms with Crippen LogP contribution in [-0.2, 0) is 9.59 Å². The van der Waals surface area contributed by atoms with Crippen LogP contribution in [0, 0.1) is 0 Å². The third-order valence-electron chi connectivity index (χ3n) is 5.68. The molecule has 1 aliphatic heterocycles. The Bertz CT molecular complexity index is 1610. The molecular weight excluding hydrogens is 621 g/mol. The standard InChI is InChI=1S/C29H18BrCl2N3O3S/c30-17-6-9-19(10-7-17)33-25-26(29(38)35(28(25)37)21-4-2-1-3-5-21)39-22-13-11-20(12-14-22)34-27(36)23-15-8-18(31)16-24(23)32/h1-16,33H,(H,34,36).